The lowest BCUT2D eigenvalue weighted by Gasteiger charge is -2.05. The highest BCUT2D eigenvalue weighted by Gasteiger charge is 2.06. The third kappa shape index (κ3) is 3.82. The van der Waals surface area contributed by atoms with Crippen LogP contribution in [0, 0.1) is 0 Å². The second-order valence-corrected chi connectivity index (χ2v) is 4.96. The Kier molecular flexibility index (Phi) is 6.05. The Balaban J connectivity index is 1.84. The van der Waals surface area contributed by atoms with Gasteiger partial charge in [0.15, 0.2) is 0 Å². The Labute approximate surface area is 120 Å². The first-order chi connectivity index (χ1) is 9.86. The van der Waals surface area contributed by atoms with Crippen LogP contribution in [-0.4, -0.2) is 35.9 Å². The number of hydrogen-bond donors (Lipinski definition) is 3. The van der Waals surface area contributed by atoms with E-state index >= 15 is 0 Å². The lowest BCUT2D eigenvalue weighted by molar-refractivity contribution is 0.292. The number of benzene rings is 1. The minimum Gasteiger partial charge on any atom is -0.395 e. The molecule has 0 atom stereocenters. The normalized spacial score (nSPS) is 11.3. The van der Waals surface area contributed by atoms with Gasteiger partial charge in [0.25, 0.3) is 0 Å². The largest absolute Gasteiger partial charge is 0.395 e. The number of nitrogens with zero attached hydrogens (tertiary/aromatic N) is 1. The van der Waals surface area contributed by atoms with Gasteiger partial charge in [0.05, 0.1) is 6.61 Å². The SMILES string of the molecule is CCn1cc(CNCCCNCCO)c2ccccc21. The number of fused-ring (bicyclic) bond motifs is 1. The molecule has 0 aliphatic rings. The summed E-state index contributed by atoms with van der Waals surface area (Å²) in [7, 11) is 0. The molecule has 0 unspecified atom stereocenters. The molecule has 0 saturated carbocycles. The van der Waals surface area contributed by atoms with Crippen LogP contribution >= 0.6 is 0 Å². The van der Waals surface area contributed by atoms with Gasteiger partial charge in [-0.15, -0.1) is 0 Å². The lowest BCUT2D eigenvalue weighted by Crippen LogP contribution is -2.23. The maximum Gasteiger partial charge on any atom is 0.0555 e. The Bertz CT molecular complexity index is 521. The van der Waals surface area contributed by atoms with Crippen LogP contribution in [0.15, 0.2) is 30.5 Å². The van der Waals surface area contributed by atoms with E-state index < -0.39 is 0 Å². The molecule has 110 valence electrons. The van der Waals surface area contributed by atoms with Gasteiger partial charge in [-0.2, -0.15) is 0 Å². The van der Waals surface area contributed by atoms with Crippen molar-refractivity contribution in [2.75, 3.05) is 26.2 Å². The fraction of sp³-hybridized carbons (Fsp3) is 0.500. The first kappa shape index (κ1) is 15.0. The van der Waals surface area contributed by atoms with Crippen LogP contribution in [0.3, 0.4) is 0 Å². The van der Waals surface area contributed by atoms with Crippen LogP contribution in [0.4, 0.5) is 0 Å². The molecule has 0 amide bonds. The van der Waals surface area contributed by atoms with Crippen molar-refractivity contribution in [3.63, 3.8) is 0 Å². The number of rotatable bonds is 9. The van der Waals surface area contributed by atoms with Crippen LogP contribution in [0.2, 0.25) is 0 Å². The number of hydrogen-bond acceptors (Lipinski definition) is 3. The molecule has 0 aliphatic heterocycles. The second-order valence-electron chi connectivity index (χ2n) is 4.96. The van der Waals surface area contributed by atoms with E-state index in [1.54, 1.807) is 0 Å². The van der Waals surface area contributed by atoms with E-state index in [0.29, 0.717) is 6.54 Å². The number of aromatic nitrogens is 1. The summed E-state index contributed by atoms with van der Waals surface area (Å²) in [6.07, 6.45) is 3.33. The van der Waals surface area contributed by atoms with E-state index in [-0.39, 0.29) is 6.61 Å². The number of aliphatic hydroxyl groups excluding tert-OH is 1. The molecule has 1 aromatic heterocycles. The van der Waals surface area contributed by atoms with Crippen LogP contribution < -0.4 is 10.6 Å². The van der Waals surface area contributed by atoms with Crippen LogP contribution in [0.1, 0.15) is 18.9 Å². The average molecular weight is 275 g/mol. The fourth-order valence-electron chi connectivity index (χ4n) is 2.49. The van der Waals surface area contributed by atoms with Crippen molar-refractivity contribution in [1.82, 2.24) is 15.2 Å². The van der Waals surface area contributed by atoms with Gasteiger partial charge in [-0.3, -0.25) is 0 Å². The summed E-state index contributed by atoms with van der Waals surface area (Å²) in [6, 6.07) is 8.58. The molecule has 0 fully saturated rings. The molecule has 1 aromatic carbocycles. The number of aryl methyl sites for hydroxylation is 1. The van der Waals surface area contributed by atoms with Gasteiger partial charge in [0, 0.05) is 36.7 Å². The minimum atomic E-state index is 0.212. The molecule has 0 bridgehead atoms. The number of para-hydroxylation sites is 1. The summed E-state index contributed by atoms with van der Waals surface area (Å²) in [6.45, 7) is 6.93. The monoisotopic (exact) mass is 275 g/mol. The van der Waals surface area contributed by atoms with Crippen molar-refractivity contribution < 1.29 is 5.11 Å². The first-order valence-electron chi connectivity index (χ1n) is 7.46. The number of aliphatic hydroxyl groups is 1. The maximum atomic E-state index is 8.66. The molecule has 4 nitrogen and oxygen atoms in total. The van der Waals surface area contributed by atoms with Crippen LogP contribution in [0.25, 0.3) is 10.9 Å². The second kappa shape index (κ2) is 8.04. The van der Waals surface area contributed by atoms with Gasteiger partial charge >= 0.3 is 0 Å². The number of nitrogens with one attached hydrogen (secondary N) is 2. The molecule has 0 aliphatic carbocycles. The van der Waals surface area contributed by atoms with Gasteiger partial charge < -0.3 is 20.3 Å². The van der Waals surface area contributed by atoms with E-state index in [2.05, 4.69) is 52.6 Å². The summed E-state index contributed by atoms with van der Waals surface area (Å²) in [4.78, 5) is 0. The van der Waals surface area contributed by atoms with E-state index in [4.69, 9.17) is 5.11 Å². The van der Waals surface area contributed by atoms with Gasteiger partial charge in [-0.25, -0.2) is 0 Å². The molecular formula is C16H25N3O. The van der Waals surface area contributed by atoms with Gasteiger partial charge in [-0.1, -0.05) is 18.2 Å². The van der Waals surface area contributed by atoms with Gasteiger partial charge in [0.2, 0.25) is 0 Å². The van der Waals surface area contributed by atoms with Gasteiger partial charge in [-0.05, 0) is 38.1 Å². The van der Waals surface area contributed by atoms with E-state index in [9.17, 15) is 0 Å². The van der Waals surface area contributed by atoms with Crippen LogP contribution in [-0.2, 0) is 13.1 Å². The van der Waals surface area contributed by atoms with Crippen molar-refractivity contribution in [2.24, 2.45) is 0 Å². The highest BCUT2D eigenvalue weighted by Crippen LogP contribution is 2.20. The maximum absolute atomic E-state index is 8.66. The molecule has 0 radical (unpaired) electrons. The Morgan fingerprint density at radius 1 is 1.10 bits per heavy atom. The topological polar surface area (TPSA) is 49.2 Å². The molecule has 20 heavy (non-hydrogen) atoms. The van der Waals surface area contributed by atoms with Crippen molar-refractivity contribution in [2.45, 2.75) is 26.4 Å². The van der Waals surface area contributed by atoms with Gasteiger partial charge in [0.1, 0.15) is 0 Å². The molecule has 2 aromatic rings. The molecule has 0 saturated heterocycles. The zero-order chi connectivity index (χ0) is 14.2. The van der Waals surface area contributed by atoms with Crippen molar-refractivity contribution >= 4 is 10.9 Å². The zero-order valence-electron chi connectivity index (χ0n) is 12.2. The fourth-order valence-corrected chi connectivity index (χ4v) is 2.49. The first-order valence-corrected chi connectivity index (χ1v) is 7.46. The van der Waals surface area contributed by atoms with Crippen LogP contribution in [0.5, 0.6) is 0 Å². The minimum absolute atomic E-state index is 0.212. The third-order valence-electron chi connectivity index (χ3n) is 3.52. The lowest BCUT2D eigenvalue weighted by atomic mass is 10.2. The standard InChI is InChI=1S/C16H25N3O/c1-2-19-13-14(15-6-3-4-7-16(15)19)12-18-9-5-8-17-10-11-20/h3-4,6-7,13,17-18,20H,2,5,8-12H2,1H3. The summed E-state index contributed by atoms with van der Waals surface area (Å²) in [5, 5.41) is 16.7. The predicted octanol–water partition coefficient (Wildman–Crippen LogP) is 1.72. The zero-order valence-corrected chi connectivity index (χ0v) is 12.2. The molecule has 1 heterocycles. The Hall–Kier alpha value is -1.36. The quantitative estimate of drug-likeness (QED) is 0.611. The third-order valence-corrected chi connectivity index (χ3v) is 3.52. The predicted molar refractivity (Wildman–Crippen MR) is 83.9 cm³/mol. The van der Waals surface area contributed by atoms with Crippen molar-refractivity contribution in [3.8, 4) is 0 Å². The highest BCUT2D eigenvalue weighted by atomic mass is 16.3. The smallest absolute Gasteiger partial charge is 0.0555 e. The molecular weight excluding hydrogens is 250 g/mol. The van der Waals surface area contributed by atoms with E-state index in [0.717, 1.165) is 32.6 Å². The van der Waals surface area contributed by atoms with Crippen molar-refractivity contribution in [3.05, 3.63) is 36.0 Å². The highest BCUT2D eigenvalue weighted by molar-refractivity contribution is 5.83. The van der Waals surface area contributed by atoms with E-state index in [1.807, 2.05) is 0 Å². The Morgan fingerprint density at radius 3 is 2.70 bits per heavy atom. The summed E-state index contributed by atoms with van der Waals surface area (Å²) >= 11 is 0. The molecule has 0 spiro atoms. The molecule has 3 N–H and O–H groups in total. The molecule has 4 heteroatoms. The molecule has 2 rings (SSSR count). The Morgan fingerprint density at radius 2 is 1.90 bits per heavy atom. The summed E-state index contributed by atoms with van der Waals surface area (Å²) in [5.41, 5.74) is 2.68. The van der Waals surface area contributed by atoms with E-state index in [1.165, 1.54) is 16.5 Å². The summed E-state index contributed by atoms with van der Waals surface area (Å²) in [5.74, 6) is 0. The summed E-state index contributed by atoms with van der Waals surface area (Å²) < 4.78 is 2.30. The average Bonchev–Trinajstić information content (AvgIpc) is 2.85. The van der Waals surface area contributed by atoms with Crippen molar-refractivity contribution in [1.29, 1.82) is 0 Å².